The fraction of sp³-hybridized carbons (Fsp3) is 0. The van der Waals surface area contributed by atoms with Crippen LogP contribution in [0, 0.1) is 0 Å². The molecule has 0 aliphatic heterocycles. The molecule has 0 fully saturated rings. The van der Waals surface area contributed by atoms with Gasteiger partial charge in [0.1, 0.15) is 5.75 Å². The lowest BCUT2D eigenvalue weighted by Gasteiger charge is -1.97. The van der Waals surface area contributed by atoms with Gasteiger partial charge < -0.3 is 5.11 Å². The van der Waals surface area contributed by atoms with Crippen LogP contribution in [0.5, 0.6) is 5.75 Å². The van der Waals surface area contributed by atoms with Gasteiger partial charge in [-0.05, 0) is 24.3 Å². The maximum atomic E-state index is 8.63. The van der Waals surface area contributed by atoms with Crippen molar-refractivity contribution in [2.24, 2.45) is 0 Å². The Morgan fingerprint density at radius 3 is 1.68 bits per heavy atom. The summed E-state index contributed by atoms with van der Waals surface area (Å²) in [7, 11) is 0. The van der Waals surface area contributed by atoms with Crippen molar-refractivity contribution in [3.63, 3.8) is 0 Å². The summed E-state index contributed by atoms with van der Waals surface area (Å²) < 4.78 is 0. The maximum absolute atomic E-state index is 8.63. The Labute approximate surface area is 113 Å². The number of benzene rings is 2. The summed E-state index contributed by atoms with van der Waals surface area (Å²) in [6, 6.07) is 24.8. The Kier molecular flexibility index (Phi) is 4.71. The summed E-state index contributed by atoms with van der Waals surface area (Å²) in [5.41, 5.74) is 2.19. The normalized spacial score (nSPS) is 9.26. The number of pyridine rings is 1. The van der Waals surface area contributed by atoms with Crippen LogP contribution < -0.4 is 0 Å². The molecule has 3 aromatic rings. The van der Waals surface area contributed by atoms with Crippen molar-refractivity contribution in [3.8, 4) is 17.0 Å². The zero-order chi connectivity index (χ0) is 13.3. The highest BCUT2D eigenvalue weighted by Gasteiger charge is 1.93. The van der Waals surface area contributed by atoms with Gasteiger partial charge in [-0.3, -0.25) is 4.98 Å². The second-order valence-corrected chi connectivity index (χ2v) is 3.92. The van der Waals surface area contributed by atoms with Gasteiger partial charge in [-0.2, -0.15) is 0 Å². The molecule has 0 aliphatic carbocycles. The predicted octanol–water partition coefficient (Wildman–Crippen LogP) is 4.14. The van der Waals surface area contributed by atoms with Gasteiger partial charge >= 0.3 is 0 Å². The Morgan fingerprint density at radius 2 is 1.21 bits per heavy atom. The van der Waals surface area contributed by atoms with E-state index in [-0.39, 0.29) is 0 Å². The Hall–Kier alpha value is -2.61. The van der Waals surface area contributed by atoms with Crippen LogP contribution in [0.2, 0.25) is 0 Å². The molecule has 0 amide bonds. The highest BCUT2D eigenvalue weighted by atomic mass is 16.3. The molecule has 0 saturated heterocycles. The van der Waals surface area contributed by atoms with Crippen LogP contribution in [0.4, 0.5) is 0 Å². The van der Waals surface area contributed by atoms with Crippen molar-refractivity contribution >= 4 is 0 Å². The van der Waals surface area contributed by atoms with E-state index >= 15 is 0 Å². The lowest BCUT2D eigenvalue weighted by molar-refractivity contribution is 0.475. The fourth-order valence-corrected chi connectivity index (χ4v) is 1.57. The number of rotatable bonds is 1. The molecule has 2 nitrogen and oxygen atoms in total. The first-order valence-electron chi connectivity index (χ1n) is 6.07. The second-order valence-electron chi connectivity index (χ2n) is 3.92. The smallest absolute Gasteiger partial charge is 0.115 e. The van der Waals surface area contributed by atoms with E-state index in [0.717, 1.165) is 11.3 Å². The van der Waals surface area contributed by atoms with Gasteiger partial charge in [0.15, 0.2) is 0 Å². The summed E-state index contributed by atoms with van der Waals surface area (Å²) >= 11 is 0. The third-order valence-electron chi connectivity index (χ3n) is 2.49. The van der Waals surface area contributed by atoms with E-state index in [0.29, 0.717) is 5.75 Å². The predicted molar refractivity (Wildman–Crippen MR) is 77.8 cm³/mol. The van der Waals surface area contributed by atoms with E-state index in [1.807, 2.05) is 48.7 Å². The van der Waals surface area contributed by atoms with Crippen molar-refractivity contribution in [1.82, 2.24) is 4.98 Å². The van der Waals surface area contributed by atoms with E-state index in [2.05, 4.69) is 17.1 Å². The topological polar surface area (TPSA) is 33.1 Å². The number of aromatic hydroxyl groups is 1. The summed E-state index contributed by atoms with van der Waals surface area (Å²) in [4.78, 5) is 4.25. The minimum atomic E-state index is 0.322. The molecule has 94 valence electrons. The van der Waals surface area contributed by atoms with Crippen LogP contribution >= 0.6 is 0 Å². The molecule has 0 spiro atoms. The van der Waals surface area contributed by atoms with E-state index in [1.54, 1.807) is 24.3 Å². The zero-order valence-corrected chi connectivity index (χ0v) is 10.5. The standard InChI is InChI=1S/C11H9N.C6H6O/c1-2-6-10(7-3-1)11-8-4-5-9-12-11;7-6-4-2-1-3-5-6/h1-9H;1-5,7H. The fourth-order valence-electron chi connectivity index (χ4n) is 1.57. The Morgan fingerprint density at radius 1 is 0.632 bits per heavy atom. The van der Waals surface area contributed by atoms with Crippen LogP contribution in [-0.4, -0.2) is 10.1 Å². The average Bonchev–Trinajstić information content (AvgIpc) is 2.51. The van der Waals surface area contributed by atoms with Crippen molar-refractivity contribution in [1.29, 1.82) is 0 Å². The highest BCUT2D eigenvalue weighted by molar-refractivity contribution is 5.58. The molecular formula is C17H15NO. The summed E-state index contributed by atoms with van der Waals surface area (Å²) in [6.45, 7) is 0. The Balaban J connectivity index is 0.000000163. The molecule has 1 N–H and O–H groups in total. The van der Waals surface area contributed by atoms with Crippen molar-refractivity contribution < 1.29 is 5.11 Å². The van der Waals surface area contributed by atoms with Crippen LogP contribution in [-0.2, 0) is 0 Å². The van der Waals surface area contributed by atoms with Crippen LogP contribution in [0.3, 0.4) is 0 Å². The third kappa shape index (κ3) is 4.28. The van der Waals surface area contributed by atoms with Crippen LogP contribution in [0.15, 0.2) is 85.1 Å². The van der Waals surface area contributed by atoms with Gasteiger partial charge in [0.2, 0.25) is 0 Å². The number of hydrogen-bond donors (Lipinski definition) is 1. The number of hydrogen-bond acceptors (Lipinski definition) is 2. The van der Waals surface area contributed by atoms with Gasteiger partial charge in [0.05, 0.1) is 5.69 Å². The molecule has 3 rings (SSSR count). The molecular weight excluding hydrogens is 234 g/mol. The quantitative estimate of drug-likeness (QED) is 0.703. The second kappa shape index (κ2) is 6.97. The molecule has 1 heterocycles. The molecule has 1 aromatic heterocycles. The third-order valence-corrected chi connectivity index (χ3v) is 2.49. The number of phenolic OH excluding ortho intramolecular Hbond substituents is 1. The summed E-state index contributed by atoms with van der Waals surface area (Å²) in [5.74, 6) is 0.322. The van der Waals surface area contributed by atoms with E-state index in [9.17, 15) is 0 Å². The minimum Gasteiger partial charge on any atom is -0.508 e. The monoisotopic (exact) mass is 249 g/mol. The van der Waals surface area contributed by atoms with Gasteiger partial charge in [0, 0.05) is 11.8 Å². The molecule has 19 heavy (non-hydrogen) atoms. The van der Waals surface area contributed by atoms with E-state index in [1.165, 1.54) is 0 Å². The van der Waals surface area contributed by atoms with Crippen molar-refractivity contribution in [2.75, 3.05) is 0 Å². The van der Waals surface area contributed by atoms with Gasteiger partial charge in [0.25, 0.3) is 0 Å². The van der Waals surface area contributed by atoms with E-state index < -0.39 is 0 Å². The number of nitrogens with zero attached hydrogens (tertiary/aromatic N) is 1. The molecule has 0 saturated carbocycles. The number of aromatic nitrogens is 1. The van der Waals surface area contributed by atoms with Gasteiger partial charge in [-0.25, -0.2) is 0 Å². The van der Waals surface area contributed by atoms with Crippen LogP contribution in [0.1, 0.15) is 0 Å². The molecule has 2 aromatic carbocycles. The highest BCUT2D eigenvalue weighted by Crippen LogP contribution is 2.14. The lowest BCUT2D eigenvalue weighted by atomic mass is 10.1. The first kappa shape index (κ1) is 12.8. The SMILES string of the molecule is Oc1ccccc1.c1ccc(-c2ccccn2)cc1. The molecule has 0 radical (unpaired) electrons. The first-order chi connectivity index (χ1) is 9.36. The average molecular weight is 249 g/mol. The lowest BCUT2D eigenvalue weighted by Crippen LogP contribution is -1.79. The largest absolute Gasteiger partial charge is 0.508 e. The van der Waals surface area contributed by atoms with Gasteiger partial charge in [-0.1, -0.05) is 54.6 Å². The minimum absolute atomic E-state index is 0.322. The van der Waals surface area contributed by atoms with Gasteiger partial charge in [-0.15, -0.1) is 0 Å². The summed E-state index contributed by atoms with van der Waals surface area (Å²) in [5, 5.41) is 8.63. The molecule has 0 bridgehead atoms. The number of para-hydroxylation sites is 1. The Bertz CT molecular complexity index is 542. The van der Waals surface area contributed by atoms with Crippen LogP contribution in [0.25, 0.3) is 11.3 Å². The molecule has 2 heteroatoms. The molecule has 0 atom stereocenters. The zero-order valence-electron chi connectivity index (χ0n) is 10.5. The number of phenols is 1. The van der Waals surface area contributed by atoms with Crippen molar-refractivity contribution in [3.05, 3.63) is 85.1 Å². The first-order valence-corrected chi connectivity index (χ1v) is 6.07. The van der Waals surface area contributed by atoms with Crippen molar-refractivity contribution in [2.45, 2.75) is 0 Å². The summed E-state index contributed by atoms with van der Waals surface area (Å²) in [6.07, 6.45) is 1.81. The van der Waals surface area contributed by atoms with E-state index in [4.69, 9.17) is 5.11 Å². The maximum Gasteiger partial charge on any atom is 0.115 e. The molecule has 0 unspecified atom stereocenters. The molecule has 0 aliphatic rings.